The molecule has 0 spiro atoms. The first-order valence-corrected chi connectivity index (χ1v) is 5.03. The van der Waals surface area contributed by atoms with Gasteiger partial charge >= 0.3 is 5.97 Å². The molecule has 1 aromatic carbocycles. The van der Waals surface area contributed by atoms with Crippen LogP contribution in [0.25, 0.3) is 6.08 Å². The summed E-state index contributed by atoms with van der Waals surface area (Å²) in [6.07, 6.45) is 4.25. The summed E-state index contributed by atoms with van der Waals surface area (Å²) in [5.41, 5.74) is 1.25. The number of carbonyl (C=O) groups is 2. The van der Waals surface area contributed by atoms with Crippen LogP contribution in [0.15, 0.2) is 24.3 Å². The highest BCUT2D eigenvalue weighted by Crippen LogP contribution is 2.18. The minimum atomic E-state index is -0.320. The van der Waals surface area contributed by atoms with E-state index in [1.165, 1.54) is 7.11 Å². The maximum absolute atomic E-state index is 10.8. The monoisotopic (exact) mass is 238 g/mol. The standard InChI is InChI=1S/C12H11ClO3/c1-16-12(15)4-2-3-10-7-9(8-14)5-6-11(10)13/h2-3,5-8H,4H2,1H3. The Morgan fingerprint density at radius 2 is 2.25 bits per heavy atom. The molecule has 0 saturated carbocycles. The summed E-state index contributed by atoms with van der Waals surface area (Å²) in [5, 5.41) is 0.534. The third kappa shape index (κ3) is 3.51. The zero-order valence-electron chi connectivity index (χ0n) is 8.77. The van der Waals surface area contributed by atoms with Crippen molar-refractivity contribution in [3.8, 4) is 0 Å². The second-order valence-electron chi connectivity index (χ2n) is 3.08. The molecule has 0 aliphatic carbocycles. The van der Waals surface area contributed by atoms with Gasteiger partial charge in [0.25, 0.3) is 0 Å². The van der Waals surface area contributed by atoms with Gasteiger partial charge in [-0.15, -0.1) is 0 Å². The first-order chi connectivity index (χ1) is 7.67. The lowest BCUT2D eigenvalue weighted by atomic mass is 10.1. The predicted octanol–water partition coefficient (Wildman–Crippen LogP) is 2.73. The van der Waals surface area contributed by atoms with Crippen LogP contribution in [0.5, 0.6) is 0 Å². The molecule has 84 valence electrons. The summed E-state index contributed by atoms with van der Waals surface area (Å²) < 4.78 is 4.48. The van der Waals surface area contributed by atoms with E-state index in [1.807, 2.05) is 0 Å². The Balaban J connectivity index is 2.79. The highest BCUT2D eigenvalue weighted by Gasteiger charge is 1.99. The minimum Gasteiger partial charge on any atom is -0.469 e. The number of methoxy groups -OCH3 is 1. The number of benzene rings is 1. The zero-order chi connectivity index (χ0) is 12.0. The summed E-state index contributed by atoms with van der Waals surface area (Å²) in [7, 11) is 1.33. The van der Waals surface area contributed by atoms with Gasteiger partial charge in [0.1, 0.15) is 6.29 Å². The highest BCUT2D eigenvalue weighted by molar-refractivity contribution is 6.32. The smallest absolute Gasteiger partial charge is 0.309 e. The van der Waals surface area contributed by atoms with Crippen molar-refractivity contribution in [2.45, 2.75) is 6.42 Å². The maximum atomic E-state index is 10.8. The molecule has 0 N–H and O–H groups in total. The van der Waals surface area contributed by atoms with Gasteiger partial charge in [-0.1, -0.05) is 29.8 Å². The molecule has 0 bridgehead atoms. The molecule has 16 heavy (non-hydrogen) atoms. The van der Waals surface area contributed by atoms with Crippen LogP contribution in [-0.4, -0.2) is 19.4 Å². The number of esters is 1. The summed E-state index contributed by atoms with van der Waals surface area (Å²) in [4.78, 5) is 21.4. The van der Waals surface area contributed by atoms with Gasteiger partial charge in [0.05, 0.1) is 13.5 Å². The average Bonchev–Trinajstić information content (AvgIpc) is 2.31. The van der Waals surface area contributed by atoms with Gasteiger partial charge < -0.3 is 4.74 Å². The number of carbonyl (C=O) groups excluding carboxylic acids is 2. The largest absolute Gasteiger partial charge is 0.469 e. The molecule has 0 heterocycles. The summed E-state index contributed by atoms with van der Waals surface area (Å²) in [6, 6.07) is 4.93. The van der Waals surface area contributed by atoms with E-state index in [0.29, 0.717) is 16.1 Å². The average molecular weight is 239 g/mol. The van der Waals surface area contributed by atoms with E-state index in [2.05, 4.69) is 4.74 Å². The SMILES string of the molecule is COC(=O)CC=Cc1cc(C=O)ccc1Cl. The van der Waals surface area contributed by atoms with Gasteiger partial charge in [-0.25, -0.2) is 0 Å². The van der Waals surface area contributed by atoms with Crippen molar-refractivity contribution in [2.75, 3.05) is 7.11 Å². The second kappa shape index (κ2) is 6.08. The number of halogens is 1. The molecule has 3 nitrogen and oxygen atoms in total. The molecule has 0 fully saturated rings. The van der Waals surface area contributed by atoms with E-state index in [-0.39, 0.29) is 12.4 Å². The van der Waals surface area contributed by atoms with Crippen molar-refractivity contribution in [1.82, 2.24) is 0 Å². The fraction of sp³-hybridized carbons (Fsp3) is 0.167. The summed E-state index contributed by atoms with van der Waals surface area (Å²) in [6.45, 7) is 0. The fourth-order valence-electron chi connectivity index (χ4n) is 1.13. The molecule has 0 aliphatic heterocycles. The number of rotatable bonds is 4. The number of hydrogen-bond acceptors (Lipinski definition) is 3. The van der Waals surface area contributed by atoms with Gasteiger partial charge in [-0.3, -0.25) is 9.59 Å². The minimum absolute atomic E-state index is 0.179. The van der Waals surface area contributed by atoms with Gasteiger partial charge in [0.2, 0.25) is 0 Å². The molecule has 4 heteroatoms. The van der Waals surface area contributed by atoms with Crippen LogP contribution in [0.2, 0.25) is 5.02 Å². The Bertz CT molecular complexity index is 424. The lowest BCUT2D eigenvalue weighted by Crippen LogP contribution is -1.96. The molecule has 0 unspecified atom stereocenters. The van der Waals surface area contributed by atoms with Gasteiger partial charge in [0, 0.05) is 10.6 Å². The number of ether oxygens (including phenoxy) is 1. The van der Waals surface area contributed by atoms with Crippen molar-refractivity contribution < 1.29 is 14.3 Å². The second-order valence-corrected chi connectivity index (χ2v) is 3.49. The molecule has 0 atom stereocenters. The van der Waals surface area contributed by atoms with Crippen LogP contribution in [-0.2, 0) is 9.53 Å². The van der Waals surface area contributed by atoms with Gasteiger partial charge in [0.15, 0.2) is 0 Å². The van der Waals surface area contributed by atoms with E-state index in [0.717, 1.165) is 6.29 Å². The number of hydrogen-bond donors (Lipinski definition) is 0. The van der Waals surface area contributed by atoms with E-state index < -0.39 is 0 Å². The van der Waals surface area contributed by atoms with Crippen LogP contribution in [0, 0.1) is 0 Å². The van der Waals surface area contributed by atoms with E-state index in [4.69, 9.17) is 11.6 Å². The van der Waals surface area contributed by atoms with Crippen LogP contribution < -0.4 is 0 Å². The van der Waals surface area contributed by atoms with Gasteiger partial charge in [-0.2, -0.15) is 0 Å². The molecule has 0 radical (unpaired) electrons. The van der Waals surface area contributed by atoms with Crippen molar-refractivity contribution in [2.24, 2.45) is 0 Å². The predicted molar refractivity (Wildman–Crippen MR) is 62.5 cm³/mol. The van der Waals surface area contributed by atoms with Gasteiger partial charge in [-0.05, 0) is 17.7 Å². The fourth-order valence-corrected chi connectivity index (χ4v) is 1.31. The van der Waals surface area contributed by atoms with E-state index in [1.54, 1.807) is 30.4 Å². The molecule has 1 aromatic rings. The van der Waals surface area contributed by atoms with Crippen LogP contribution >= 0.6 is 11.6 Å². The van der Waals surface area contributed by atoms with Crippen LogP contribution in [0.1, 0.15) is 22.3 Å². The van der Waals surface area contributed by atoms with Crippen LogP contribution in [0.3, 0.4) is 0 Å². The molecule has 0 aromatic heterocycles. The zero-order valence-corrected chi connectivity index (χ0v) is 9.53. The first kappa shape index (κ1) is 12.5. The van der Waals surface area contributed by atoms with Crippen molar-refractivity contribution in [1.29, 1.82) is 0 Å². The maximum Gasteiger partial charge on any atom is 0.309 e. The summed E-state index contributed by atoms with van der Waals surface area (Å²) >= 11 is 5.92. The van der Waals surface area contributed by atoms with Crippen LogP contribution in [0.4, 0.5) is 0 Å². The first-order valence-electron chi connectivity index (χ1n) is 4.65. The Hall–Kier alpha value is -1.61. The molecular formula is C12H11ClO3. The molecular weight excluding hydrogens is 228 g/mol. The Labute approximate surface area is 98.7 Å². The molecule has 0 amide bonds. The van der Waals surface area contributed by atoms with Crippen molar-refractivity contribution in [3.63, 3.8) is 0 Å². The highest BCUT2D eigenvalue weighted by atomic mass is 35.5. The number of aldehydes is 1. The van der Waals surface area contributed by atoms with Crippen molar-refractivity contribution >= 4 is 29.9 Å². The molecule has 0 aliphatic rings. The quantitative estimate of drug-likeness (QED) is 0.598. The molecule has 0 saturated heterocycles. The topological polar surface area (TPSA) is 43.4 Å². The third-order valence-corrected chi connectivity index (χ3v) is 2.31. The Morgan fingerprint density at radius 3 is 2.88 bits per heavy atom. The summed E-state index contributed by atoms with van der Waals surface area (Å²) in [5.74, 6) is -0.320. The van der Waals surface area contributed by atoms with E-state index in [9.17, 15) is 9.59 Å². The Morgan fingerprint density at radius 1 is 1.50 bits per heavy atom. The van der Waals surface area contributed by atoms with E-state index >= 15 is 0 Å². The van der Waals surface area contributed by atoms with Crippen molar-refractivity contribution in [3.05, 3.63) is 40.4 Å². The normalized spacial score (nSPS) is 10.4. The lowest BCUT2D eigenvalue weighted by molar-refractivity contribution is -0.139. The Kier molecular flexibility index (Phi) is 4.73. The third-order valence-electron chi connectivity index (χ3n) is 1.97. The lowest BCUT2D eigenvalue weighted by Gasteiger charge is -1.99. The molecule has 1 rings (SSSR count).